The minimum absolute atomic E-state index is 0. The lowest BCUT2D eigenvalue weighted by Gasteiger charge is -2.34. The number of likely N-dealkylation sites (tertiary alicyclic amines) is 1. The van der Waals surface area contributed by atoms with Gasteiger partial charge in [-0.05, 0) is 45.2 Å². The molecule has 2 N–H and O–H groups in total. The van der Waals surface area contributed by atoms with E-state index in [-0.39, 0.29) is 24.0 Å². The number of hydrogen-bond acceptors (Lipinski definition) is 4. The summed E-state index contributed by atoms with van der Waals surface area (Å²) in [6.07, 6.45) is 6.27. The van der Waals surface area contributed by atoms with E-state index in [2.05, 4.69) is 53.4 Å². The molecule has 1 aromatic rings. The minimum Gasteiger partial charge on any atom is -0.359 e. The number of aliphatic imine (C=N–C) groups is 1. The zero-order chi connectivity index (χ0) is 18.8. The van der Waals surface area contributed by atoms with Crippen molar-refractivity contribution in [1.82, 2.24) is 20.7 Å². The first-order valence-corrected chi connectivity index (χ1v) is 10.3. The third-order valence-corrected chi connectivity index (χ3v) is 5.07. The predicted molar refractivity (Wildman–Crippen MR) is 123 cm³/mol. The van der Waals surface area contributed by atoms with Crippen LogP contribution in [0.4, 0.5) is 0 Å². The maximum atomic E-state index is 5.34. The first kappa shape index (κ1) is 24.2. The largest absolute Gasteiger partial charge is 0.359 e. The van der Waals surface area contributed by atoms with Crippen LogP contribution in [-0.2, 0) is 13.0 Å². The van der Waals surface area contributed by atoms with Gasteiger partial charge >= 0.3 is 0 Å². The standard InChI is InChI=1S/C20H37N5O.HI/c1-5-17-13-18(26-24-17)14-22-20(21-6-2)23-15-19(16(3)4)25-11-9-7-8-10-12-25;/h13,16,19H,5-12,14-15H2,1-4H3,(H2,21,22,23);1H. The van der Waals surface area contributed by atoms with Crippen molar-refractivity contribution >= 4 is 29.9 Å². The van der Waals surface area contributed by atoms with Crippen LogP contribution in [0.1, 0.15) is 64.8 Å². The van der Waals surface area contributed by atoms with Gasteiger partial charge in [0.15, 0.2) is 11.7 Å². The van der Waals surface area contributed by atoms with Crippen LogP contribution in [0.2, 0.25) is 0 Å². The molecule has 0 aliphatic carbocycles. The molecule has 1 aliphatic heterocycles. The number of halogens is 1. The van der Waals surface area contributed by atoms with E-state index < -0.39 is 0 Å². The zero-order valence-corrected chi connectivity index (χ0v) is 19.8. The Morgan fingerprint density at radius 3 is 2.44 bits per heavy atom. The van der Waals surface area contributed by atoms with Gasteiger partial charge in [0.25, 0.3) is 0 Å². The van der Waals surface area contributed by atoms with E-state index >= 15 is 0 Å². The van der Waals surface area contributed by atoms with Gasteiger partial charge in [-0.2, -0.15) is 0 Å². The summed E-state index contributed by atoms with van der Waals surface area (Å²) in [6.45, 7) is 13.5. The Labute approximate surface area is 181 Å². The lowest BCUT2D eigenvalue weighted by Crippen LogP contribution is -2.49. The second-order valence-corrected chi connectivity index (χ2v) is 7.48. The van der Waals surface area contributed by atoms with Crippen LogP contribution in [0.3, 0.4) is 0 Å². The molecule has 1 fully saturated rings. The Bertz CT molecular complexity index is 538. The van der Waals surface area contributed by atoms with E-state index in [9.17, 15) is 0 Å². The Balaban J connectivity index is 0.00000364. The maximum absolute atomic E-state index is 5.34. The second-order valence-electron chi connectivity index (χ2n) is 7.48. The molecule has 0 radical (unpaired) electrons. The molecule has 0 aromatic carbocycles. The fourth-order valence-electron chi connectivity index (χ4n) is 3.51. The number of guanidine groups is 1. The quantitative estimate of drug-likeness (QED) is 0.329. The van der Waals surface area contributed by atoms with Gasteiger partial charge in [-0.15, -0.1) is 24.0 Å². The molecule has 6 nitrogen and oxygen atoms in total. The summed E-state index contributed by atoms with van der Waals surface area (Å²) in [5.41, 5.74) is 0.981. The average Bonchev–Trinajstić information content (AvgIpc) is 2.93. The predicted octanol–water partition coefficient (Wildman–Crippen LogP) is 3.81. The number of aryl methyl sites for hydroxylation is 1. The van der Waals surface area contributed by atoms with Crippen molar-refractivity contribution in [3.05, 3.63) is 17.5 Å². The highest BCUT2D eigenvalue weighted by Crippen LogP contribution is 2.17. The van der Waals surface area contributed by atoms with Crippen molar-refractivity contribution in [2.75, 3.05) is 26.2 Å². The summed E-state index contributed by atoms with van der Waals surface area (Å²) < 4.78 is 5.34. The van der Waals surface area contributed by atoms with Gasteiger partial charge in [0.05, 0.1) is 5.69 Å². The smallest absolute Gasteiger partial charge is 0.191 e. The summed E-state index contributed by atoms with van der Waals surface area (Å²) in [5, 5.41) is 10.9. The van der Waals surface area contributed by atoms with Crippen LogP contribution in [0, 0.1) is 5.92 Å². The molecular formula is C20H38IN5O. The molecule has 7 heteroatoms. The average molecular weight is 491 g/mol. The van der Waals surface area contributed by atoms with Crippen molar-refractivity contribution < 1.29 is 4.52 Å². The normalized spacial score (nSPS) is 17.3. The molecule has 2 heterocycles. The first-order valence-electron chi connectivity index (χ1n) is 10.3. The van der Waals surface area contributed by atoms with Gasteiger partial charge in [-0.3, -0.25) is 4.90 Å². The molecule has 27 heavy (non-hydrogen) atoms. The van der Waals surface area contributed by atoms with E-state index in [1.807, 2.05) is 6.07 Å². The molecule has 0 spiro atoms. The Kier molecular flexibility index (Phi) is 12.0. The number of nitrogens with one attached hydrogen (secondary N) is 2. The fraction of sp³-hybridized carbons (Fsp3) is 0.800. The van der Waals surface area contributed by atoms with Gasteiger partial charge in [0.2, 0.25) is 0 Å². The topological polar surface area (TPSA) is 65.7 Å². The Morgan fingerprint density at radius 1 is 1.19 bits per heavy atom. The van der Waals surface area contributed by atoms with Crippen LogP contribution in [0.15, 0.2) is 15.6 Å². The van der Waals surface area contributed by atoms with Crippen LogP contribution < -0.4 is 10.6 Å². The summed E-state index contributed by atoms with van der Waals surface area (Å²) in [4.78, 5) is 7.33. The third kappa shape index (κ3) is 8.37. The van der Waals surface area contributed by atoms with E-state index in [1.165, 1.54) is 38.8 Å². The minimum atomic E-state index is 0. The molecular weight excluding hydrogens is 453 g/mol. The van der Waals surface area contributed by atoms with Crippen molar-refractivity contribution in [3.8, 4) is 0 Å². The highest BCUT2D eigenvalue weighted by atomic mass is 127. The molecule has 0 bridgehead atoms. The molecule has 156 valence electrons. The third-order valence-electron chi connectivity index (χ3n) is 5.07. The molecule has 0 saturated carbocycles. The molecule has 1 aliphatic rings. The zero-order valence-electron chi connectivity index (χ0n) is 17.5. The van der Waals surface area contributed by atoms with Crippen LogP contribution in [0.5, 0.6) is 0 Å². The van der Waals surface area contributed by atoms with Gasteiger partial charge in [-0.1, -0.05) is 38.8 Å². The maximum Gasteiger partial charge on any atom is 0.191 e. The van der Waals surface area contributed by atoms with Gasteiger partial charge in [0.1, 0.15) is 6.54 Å². The molecule has 0 amide bonds. The van der Waals surface area contributed by atoms with Gasteiger partial charge < -0.3 is 15.2 Å². The lowest BCUT2D eigenvalue weighted by molar-refractivity contribution is 0.161. The molecule has 1 saturated heterocycles. The van der Waals surface area contributed by atoms with Crippen LogP contribution in [-0.4, -0.2) is 48.2 Å². The number of rotatable bonds is 8. The fourth-order valence-corrected chi connectivity index (χ4v) is 3.51. The van der Waals surface area contributed by atoms with Gasteiger partial charge in [-0.25, -0.2) is 4.99 Å². The lowest BCUT2D eigenvalue weighted by atomic mass is 10.0. The summed E-state index contributed by atoms with van der Waals surface area (Å²) in [6, 6.07) is 2.52. The van der Waals surface area contributed by atoms with Crippen molar-refractivity contribution in [2.24, 2.45) is 10.9 Å². The summed E-state index contributed by atoms with van der Waals surface area (Å²) in [5.74, 6) is 2.28. The molecule has 1 unspecified atom stereocenters. The Morgan fingerprint density at radius 2 is 1.89 bits per heavy atom. The second kappa shape index (κ2) is 13.4. The van der Waals surface area contributed by atoms with E-state index in [0.717, 1.165) is 36.9 Å². The monoisotopic (exact) mass is 491 g/mol. The summed E-state index contributed by atoms with van der Waals surface area (Å²) >= 11 is 0. The summed E-state index contributed by atoms with van der Waals surface area (Å²) in [7, 11) is 0. The molecule has 1 atom stereocenters. The molecule has 2 rings (SSSR count). The van der Waals surface area contributed by atoms with Crippen LogP contribution >= 0.6 is 24.0 Å². The SMILES string of the molecule is CCNC(=NCc1cc(CC)no1)NCC(C(C)C)N1CCCCCC1.I. The Hall–Kier alpha value is -0.830. The van der Waals surface area contributed by atoms with Gasteiger partial charge in [0, 0.05) is 25.2 Å². The van der Waals surface area contributed by atoms with E-state index in [0.29, 0.717) is 18.5 Å². The highest BCUT2D eigenvalue weighted by molar-refractivity contribution is 14.0. The number of hydrogen-bond donors (Lipinski definition) is 2. The molecule has 1 aromatic heterocycles. The van der Waals surface area contributed by atoms with Crippen LogP contribution in [0.25, 0.3) is 0 Å². The van der Waals surface area contributed by atoms with E-state index in [1.54, 1.807) is 0 Å². The number of nitrogens with zero attached hydrogens (tertiary/aromatic N) is 3. The van der Waals surface area contributed by atoms with Crippen molar-refractivity contribution in [1.29, 1.82) is 0 Å². The van der Waals surface area contributed by atoms with Crippen molar-refractivity contribution in [2.45, 2.75) is 72.4 Å². The van der Waals surface area contributed by atoms with E-state index in [4.69, 9.17) is 4.52 Å². The number of aromatic nitrogens is 1. The van der Waals surface area contributed by atoms with Crippen molar-refractivity contribution in [3.63, 3.8) is 0 Å². The highest BCUT2D eigenvalue weighted by Gasteiger charge is 2.22. The first-order chi connectivity index (χ1) is 12.6.